The molecule has 3 rings (SSSR count). The summed E-state index contributed by atoms with van der Waals surface area (Å²) in [6.07, 6.45) is 2.35. The van der Waals surface area contributed by atoms with Gasteiger partial charge < -0.3 is 0 Å². The van der Waals surface area contributed by atoms with Gasteiger partial charge in [0.05, 0.1) is 0 Å². The van der Waals surface area contributed by atoms with Gasteiger partial charge in [-0.1, -0.05) is 30.3 Å². The number of hydrogen-bond donors (Lipinski definition) is 0. The molecule has 1 radical (unpaired) electrons. The molecule has 0 saturated carbocycles. The Morgan fingerprint density at radius 2 is 1.40 bits per heavy atom. The van der Waals surface area contributed by atoms with E-state index in [1.54, 1.807) is 0 Å². The third-order valence-electron chi connectivity index (χ3n) is 4.74. The van der Waals surface area contributed by atoms with Crippen LogP contribution in [0.3, 0.4) is 0 Å². The first-order chi connectivity index (χ1) is 9.50. The summed E-state index contributed by atoms with van der Waals surface area (Å²) in [7, 11) is 0. The molecule has 1 aliphatic carbocycles. The van der Waals surface area contributed by atoms with E-state index in [9.17, 15) is 0 Å². The van der Waals surface area contributed by atoms with Gasteiger partial charge in [-0.2, -0.15) is 0 Å². The Labute approximate surface area is 122 Å². The molecule has 0 aromatic heterocycles. The van der Waals surface area contributed by atoms with E-state index in [0.717, 1.165) is 0 Å². The van der Waals surface area contributed by atoms with Crippen LogP contribution in [0, 0.1) is 34.1 Å². The summed E-state index contributed by atoms with van der Waals surface area (Å²) in [6, 6.07) is 11.1. The molecule has 0 spiro atoms. The predicted octanol–water partition coefficient (Wildman–Crippen LogP) is 5.42. The van der Waals surface area contributed by atoms with Gasteiger partial charge in [-0.25, -0.2) is 0 Å². The lowest BCUT2D eigenvalue weighted by Crippen LogP contribution is -1.91. The highest BCUT2D eigenvalue weighted by Gasteiger charge is 2.23. The number of aryl methyl sites for hydroxylation is 2. The fraction of sp³-hybridized carbons (Fsp3) is 0.250. The smallest absolute Gasteiger partial charge is 0.0214 e. The fourth-order valence-electron chi connectivity index (χ4n) is 3.18. The van der Waals surface area contributed by atoms with Crippen molar-refractivity contribution in [2.45, 2.75) is 34.6 Å². The molecule has 1 aliphatic rings. The Morgan fingerprint density at radius 3 is 2.15 bits per heavy atom. The monoisotopic (exact) mass is 261 g/mol. The molecule has 0 bridgehead atoms. The lowest BCUT2D eigenvalue weighted by molar-refractivity contribution is 1.30. The Kier molecular flexibility index (Phi) is 3.05. The lowest BCUT2D eigenvalue weighted by atomic mass is 9.94. The molecule has 0 N–H and O–H groups in total. The number of benzene rings is 2. The van der Waals surface area contributed by atoms with Gasteiger partial charge in [0.25, 0.3) is 0 Å². The SMILES string of the molecule is CC1=C(c2cccc(C)c2C)[CH]c2ccc(C)c(C)c21. The highest BCUT2D eigenvalue weighted by molar-refractivity contribution is 6.02. The summed E-state index contributed by atoms with van der Waals surface area (Å²) in [6.45, 7) is 11.1. The summed E-state index contributed by atoms with van der Waals surface area (Å²) in [5.41, 5.74) is 12.5. The second-order valence-corrected chi connectivity index (χ2v) is 5.90. The molecule has 0 fully saturated rings. The molecule has 0 amide bonds. The Hall–Kier alpha value is -1.82. The maximum Gasteiger partial charge on any atom is 0.0214 e. The van der Waals surface area contributed by atoms with Crippen LogP contribution in [0.5, 0.6) is 0 Å². The molecule has 0 aliphatic heterocycles. The standard InChI is InChI=1S/C20H21/c1-12-7-6-8-18(14(12)3)19-11-17-10-9-13(2)15(4)20(17)16(19)5/h6-11H,1-5H3. The molecule has 101 valence electrons. The van der Waals surface area contributed by atoms with E-state index in [-0.39, 0.29) is 0 Å². The van der Waals surface area contributed by atoms with Gasteiger partial charge in [0, 0.05) is 6.42 Å². The number of rotatable bonds is 1. The van der Waals surface area contributed by atoms with Crippen LogP contribution >= 0.6 is 0 Å². The first-order valence-electron chi connectivity index (χ1n) is 7.23. The van der Waals surface area contributed by atoms with Crippen molar-refractivity contribution in [2.75, 3.05) is 0 Å². The van der Waals surface area contributed by atoms with Crippen molar-refractivity contribution in [2.24, 2.45) is 0 Å². The molecule has 0 nitrogen and oxygen atoms in total. The summed E-state index contributed by atoms with van der Waals surface area (Å²) >= 11 is 0. The minimum absolute atomic E-state index is 1.36. The molecule has 0 atom stereocenters. The third-order valence-corrected chi connectivity index (χ3v) is 4.74. The van der Waals surface area contributed by atoms with Gasteiger partial charge in [0.2, 0.25) is 0 Å². The topological polar surface area (TPSA) is 0 Å². The molecule has 20 heavy (non-hydrogen) atoms. The summed E-state index contributed by atoms with van der Waals surface area (Å²) in [4.78, 5) is 0. The Bertz CT molecular complexity index is 730. The van der Waals surface area contributed by atoms with Crippen molar-refractivity contribution in [3.63, 3.8) is 0 Å². The zero-order valence-corrected chi connectivity index (χ0v) is 13.0. The van der Waals surface area contributed by atoms with Crippen LogP contribution in [0.2, 0.25) is 0 Å². The van der Waals surface area contributed by atoms with E-state index < -0.39 is 0 Å². The van der Waals surface area contributed by atoms with E-state index in [4.69, 9.17) is 0 Å². The van der Waals surface area contributed by atoms with Crippen LogP contribution in [-0.4, -0.2) is 0 Å². The summed E-state index contributed by atoms with van der Waals surface area (Å²) < 4.78 is 0. The molecular weight excluding hydrogens is 240 g/mol. The minimum Gasteiger partial charge on any atom is -0.0614 e. The largest absolute Gasteiger partial charge is 0.0614 e. The molecule has 0 unspecified atom stereocenters. The maximum absolute atomic E-state index is 2.35. The van der Waals surface area contributed by atoms with Gasteiger partial charge >= 0.3 is 0 Å². The quantitative estimate of drug-likeness (QED) is 0.643. The van der Waals surface area contributed by atoms with E-state index in [2.05, 4.69) is 71.4 Å². The van der Waals surface area contributed by atoms with Crippen molar-refractivity contribution in [3.05, 3.63) is 75.7 Å². The first kappa shape index (κ1) is 13.2. The normalized spacial score (nSPS) is 13.8. The summed E-state index contributed by atoms with van der Waals surface area (Å²) in [5.74, 6) is 0. The van der Waals surface area contributed by atoms with Gasteiger partial charge in [-0.15, -0.1) is 0 Å². The maximum atomic E-state index is 2.35. The number of fused-ring (bicyclic) bond motifs is 1. The van der Waals surface area contributed by atoms with E-state index in [1.165, 1.54) is 50.1 Å². The van der Waals surface area contributed by atoms with Crippen LogP contribution in [0.1, 0.15) is 45.9 Å². The van der Waals surface area contributed by atoms with Crippen LogP contribution in [0.4, 0.5) is 0 Å². The van der Waals surface area contributed by atoms with E-state index in [0.29, 0.717) is 0 Å². The van der Waals surface area contributed by atoms with Gasteiger partial charge in [-0.05, 0) is 84.7 Å². The third kappa shape index (κ3) is 1.83. The zero-order chi connectivity index (χ0) is 14.4. The lowest BCUT2D eigenvalue weighted by Gasteiger charge is -2.11. The molecule has 2 aromatic rings. The highest BCUT2D eigenvalue weighted by Crippen LogP contribution is 2.42. The van der Waals surface area contributed by atoms with Crippen molar-refractivity contribution < 1.29 is 0 Å². The highest BCUT2D eigenvalue weighted by atomic mass is 14.3. The fourth-order valence-corrected chi connectivity index (χ4v) is 3.18. The Morgan fingerprint density at radius 1 is 0.700 bits per heavy atom. The number of hydrogen-bond acceptors (Lipinski definition) is 0. The average molecular weight is 261 g/mol. The van der Waals surface area contributed by atoms with E-state index >= 15 is 0 Å². The molecule has 2 aromatic carbocycles. The van der Waals surface area contributed by atoms with Crippen molar-refractivity contribution in [1.82, 2.24) is 0 Å². The number of allylic oxidation sites excluding steroid dienone is 2. The van der Waals surface area contributed by atoms with Gasteiger partial charge in [0.1, 0.15) is 0 Å². The summed E-state index contributed by atoms with van der Waals surface area (Å²) in [5, 5.41) is 0. The predicted molar refractivity (Wildman–Crippen MR) is 87.7 cm³/mol. The zero-order valence-electron chi connectivity index (χ0n) is 13.0. The van der Waals surface area contributed by atoms with Crippen LogP contribution < -0.4 is 0 Å². The van der Waals surface area contributed by atoms with Crippen molar-refractivity contribution in [3.8, 4) is 0 Å². The minimum atomic E-state index is 1.36. The van der Waals surface area contributed by atoms with Crippen LogP contribution in [0.15, 0.2) is 30.3 Å². The van der Waals surface area contributed by atoms with Crippen LogP contribution in [0.25, 0.3) is 11.1 Å². The van der Waals surface area contributed by atoms with Crippen molar-refractivity contribution in [1.29, 1.82) is 0 Å². The van der Waals surface area contributed by atoms with E-state index in [1.807, 2.05) is 0 Å². The van der Waals surface area contributed by atoms with Gasteiger partial charge in [0.15, 0.2) is 0 Å². The molecular formula is C20H21. The molecule has 0 heteroatoms. The molecule has 0 heterocycles. The van der Waals surface area contributed by atoms with Crippen LogP contribution in [-0.2, 0) is 0 Å². The Balaban J connectivity index is 2.21. The van der Waals surface area contributed by atoms with Crippen molar-refractivity contribution >= 4 is 11.1 Å². The second-order valence-electron chi connectivity index (χ2n) is 5.90. The average Bonchev–Trinajstić information content (AvgIpc) is 2.75. The van der Waals surface area contributed by atoms with Gasteiger partial charge in [-0.3, -0.25) is 0 Å². The molecule has 0 saturated heterocycles. The first-order valence-corrected chi connectivity index (χ1v) is 7.23. The second kappa shape index (κ2) is 4.63.